The van der Waals surface area contributed by atoms with Crippen LogP contribution < -0.4 is 5.32 Å². The zero-order valence-electron chi connectivity index (χ0n) is 17.1. The van der Waals surface area contributed by atoms with Gasteiger partial charge in [-0.25, -0.2) is 0 Å². The number of thioether (sulfide) groups is 1. The third-order valence-electron chi connectivity index (χ3n) is 4.53. The van der Waals surface area contributed by atoms with E-state index in [1.165, 1.54) is 11.8 Å². The Kier molecular flexibility index (Phi) is 6.27. The van der Waals surface area contributed by atoms with Gasteiger partial charge in [-0.2, -0.15) is 0 Å². The fourth-order valence-corrected chi connectivity index (χ4v) is 3.70. The minimum Gasteiger partial charge on any atom is -0.506 e. The Labute approximate surface area is 175 Å². The molecule has 7 heteroatoms. The lowest BCUT2D eigenvalue weighted by atomic mass is 9.87. The van der Waals surface area contributed by atoms with E-state index >= 15 is 0 Å². The number of benzene rings is 2. The Morgan fingerprint density at radius 1 is 1.14 bits per heavy atom. The van der Waals surface area contributed by atoms with E-state index in [9.17, 15) is 9.90 Å². The fourth-order valence-electron chi connectivity index (χ4n) is 2.90. The molecule has 0 radical (unpaired) electrons. The van der Waals surface area contributed by atoms with Crippen molar-refractivity contribution in [3.8, 4) is 17.1 Å². The summed E-state index contributed by atoms with van der Waals surface area (Å²) in [5.41, 5.74) is 2.37. The largest absolute Gasteiger partial charge is 0.506 e. The molecule has 29 heavy (non-hydrogen) atoms. The fraction of sp³-hybridized carbons (Fsp3) is 0.318. The van der Waals surface area contributed by atoms with E-state index in [1.807, 2.05) is 54.0 Å². The zero-order valence-corrected chi connectivity index (χ0v) is 18.0. The third-order valence-corrected chi connectivity index (χ3v) is 5.50. The molecule has 6 nitrogen and oxygen atoms in total. The maximum absolute atomic E-state index is 12.5. The molecule has 2 aromatic carbocycles. The minimum atomic E-state index is -0.205. The van der Waals surface area contributed by atoms with E-state index < -0.39 is 0 Å². The molecule has 2 N–H and O–H groups in total. The van der Waals surface area contributed by atoms with Crippen molar-refractivity contribution in [3.05, 3.63) is 54.1 Å². The monoisotopic (exact) mass is 410 g/mol. The van der Waals surface area contributed by atoms with Crippen molar-refractivity contribution < 1.29 is 9.90 Å². The van der Waals surface area contributed by atoms with Gasteiger partial charge in [0, 0.05) is 12.1 Å². The average Bonchev–Trinajstić information content (AvgIpc) is 3.11. The van der Waals surface area contributed by atoms with Crippen LogP contribution in [0, 0.1) is 0 Å². The second kappa shape index (κ2) is 8.69. The molecule has 0 bridgehead atoms. The first-order valence-electron chi connectivity index (χ1n) is 9.54. The lowest BCUT2D eigenvalue weighted by Crippen LogP contribution is -2.16. The summed E-state index contributed by atoms with van der Waals surface area (Å²) in [4.78, 5) is 12.5. The summed E-state index contributed by atoms with van der Waals surface area (Å²) in [5, 5.41) is 22.1. The summed E-state index contributed by atoms with van der Waals surface area (Å²) in [5.74, 6) is 0.806. The highest BCUT2D eigenvalue weighted by atomic mass is 32.2. The summed E-state index contributed by atoms with van der Waals surface area (Å²) in [6, 6.07) is 15.2. The second-order valence-electron chi connectivity index (χ2n) is 7.74. The van der Waals surface area contributed by atoms with Gasteiger partial charge in [-0.15, -0.1) is 10.2 Å². The van der Waals surface area contributed by atoms with Crippen LogP contribution in [0.15, 0.2) is 53.7 Å². The van der Waals surface area contributed by atoms with E-state index in [-0.39, 0.29) is 22.8 Å². The molecule has 0 aliphatic carbocycles. The Morgan fingerprint density at radius 3 is 2.52 bits per heavy atom. The molecule has 3 rings (SSSR count). The van der Waals surface area contributed by atoms with Crippen LogP contribution in [-0.2, 0) is 16.8 Å². The van der Waals surface area contributed by atoms with Crippen molar-refractivity contribution in [2.75, 3.05) is 11.1 Å². The van der Waals surface area contributed by atoms with E-state index in [1.54, 1.807) is 6.07 Å². The summed E-state index contributed by atoms with van der Waals surface area (Å²) in [6.07, 6.45) is 0. The molecule has 1 aromatic heterocycles. The van der Waals surface area contributed by atoms with Gasteiger partial charge in [0.2, 0.25) is 5.91 Å². The number of nitrogens with zero attached hydrogens (tertiary/aromatic N) is 3. The maximum Gasteiger partial charge on any atom is 0.234 e. The number of nitrogens with one attached hydrogen (secondary N) is 1. The molecule has 0 fully saturated rings. The number of phenolic OH excluding ortho intramolecular Hbond substituents is 1. The molecule has 0 spiro atoms. The SMILES string of the molecule is CCn1c(SCC(=O)Nc2cc(C(C)(C)C)ccc2O)nnc1-c1ccccc1. The maximum atomic E-state index is 12.5. The molecule has 0 aliphatic heterocycles. The van der Waals surface area contributed by atoms with Gasteiger partial charge in [0.1, 0.15) is 5.75 Å². The minimum absolute atomic E-state index is 0.0550. The lowest BCUT2D eigenvalue weighted by molar-refractivity contribution is -0.113. The summed E-state index contributed by atoms with van der Waals surface area (Å²) < 4.78 is 1.99. The summed E-state index contributed by atoms with van der Waals surface area (Å²) >= 11 is 1.33. The van der Waals surface area contributed by atoms with Crippen molar-refractivity contribution in [1.29, 1.82) is 0 Å². The number of rotatable bonds is 6. The lowest BCUT2D eigenvalue weighted by Gasteiger charge is -2.20. The molecule has 0 saturated carbocycles. The predicted molar refractivity (Wildman–Crippen MR) is 117 cm³/mol. The molecular weight excluding hydrogens is 384 g/mol. The van der Waals surface area contributed by atoms with Crippen molar-refractivity contribution in [3.63, 3.8) is 0 Å². The number of phenols is 1. The highest BCUT2D eigenvalue weighted by molar-refractivity contribution is 7.99. The molecule has 0 saturated heterocycles. The number of hydrogen-bond donors (Lipinski definition) is 2. The van der Waals surface area contributed by atoms with Crippen LogP contribution in [0.5, 0.6) is 5.75 Å². The first-order valence-corrected chi connectivity index (χ1v) is 10.5. The molecule has 0 atom stereocenters. The number of hydrogen-bond acceptors (Lipinski definition) is 5. The van der Waals surface area contributed by atoms with Gasteiger partial charge in [0.25, 0.3) is 0 Å². The molecule has 152 valence electrons. The predicted octanol–water partition coefficient (Wildman–Crippen LogP) is 4.70. The first kappa shape index (κ1) is 20.9. The molecular formula is C22H26N4O2S. The number of carbonyl (C=O) groups is 1. The Balaban J connectivity index is 1.70. The molecule has 1 heterocycles. The summed E-state index contributed by atoms with van der Waals surface area (Å²) in [6.45, 7) is 8.99. The van der Waals surface area contributed by atoms with Crippen molar-refractivity contribution in [2.45, 2.75) is 44.8 Å². The van der Waals surface area contributed by atoms with Gasteiger partial charge in [0.05, 0.1) is 11.4 Å². The van der Waals surface area contributed by atoms with Crippen LogP contribution in [-0.4, -0.2) is 31.5 Å². The average molecular weight is 411 g/mol. The Hall–Kier alpha value is -2.80. The molecule has 1 amide bonds. The topological polar surface area (TPSA) is 80.0 Å². The number of aromatic hydroxyl groups is 1. The zero-order chi connectivity index (χ0) is 21.0. The van der Waals surface area contributed by atoms with Crippen molar-refractivity contribution in [1.82, 2.24) is 14.8 Å². The number of amides is 1. The third kappa shape index (κ3) is 4.98. The molecule has 0 aliphatic rings. The highest BCUT2D eigenvalue weighted by Crippen LogP contribution is 2.31. The van der Waals surface area contributed by atoms with Gasteiger partial charge < -0.3 is 15.0 Å². The quantitative estimate of drug-likeness (QED) is 0.455. The van der Waals surface area contributed by atoms with Crippen molar-refractivity contribution >= 4 is 23.4 Å². The van der Waals surface area contributed by atoms with E-state index in [0.717, 1.165) is 17.0 Å². The van der Waals surface area contributed by atoms with Gasteiger partial charge in [-0.3, -0.25) is 4.79 Å². The molecule has 0 unspecified atom stereocenters. The standard InChI is InChI=1S/C22H26N4O2S/c1-5-26-20(15-9-7-6-8-10-15)24-25-21(26)29-14-19(28)23-17-13-16(22(2,3)4)11-12-18(17)27/h6-13,27H,5,14H2,1-4H3,(H,23,28). The molecule has 3 aromatic rings. The summed E-state index contributed by atoms with van der Waals surface area (Å²) in [7, 11) is 0. The van der Waals surface area contributed by atoms with Gasteiger partial charge in [-0.05, 0) is 30.0 Å². The Morgan fingerprint density at radius 2 is 1.86 bits per heavy atom. The number of aromatic nitrogens is 3. The van der Waals surface area contributed by atoms with Crippen LogP contribution in [0.3, 0.4) is 0 Å². The van der Waals surface area contributed by atoms with Crippen LogP contribution >= 0.6 is 11.8 Å². The van der Waals surface area contributed by atoms with Gasteiger partial charge >= 0.3 is 0 Å². The van der Waals surface area contributed by atoms with Crippen LogP contribution in [0.1, 0.15) is 33.3 Å². The van der Waals surface area contributed by atoms with Crippen LogP contribution in [0.25, 0.3) is 11.4 Å². The van der Waals surface area contributed by atoms with Gasteiger partial charge in [-0.1, -0.05) is 68.9 Å². The normalized spacial score (nSPS) is 11.4. The van der Waals surface area contributed by atoms with E-state index in [4.69, 9.17) is 0 Å². The van der Waals surface area contributed by atoms with Crippen LogP contribution in [0.4, 0.5) is 5.69 Å². The number of carbonyl (C=O) groups excluding carboxylic acids is 1. The Bertz CT molecular complexity index is 994. The van der Waals surface area contributed by atoms with Crippen molar-refractivity contribution in [2.24, 2.45) is 0 Å². The highest BCUT2D eigenvalue weighted by Gasteiger charge is 2.18. The first-order chi connectivity index (χ1) is 13.8. The van der Waals surface area contributed by atoms with Gasteiger partial charge in [0.15, 0.2) is 11.0 Å². The van der Waals surface area contributed by atoms with Crippen LogP contribution in [0.2, 0.25) is 0 Å². The van der Waals surface area contributed by atoms with E-state index in [2.05, 4.69) is 36.3 Å². The number of anilines is 1. The smallest absolute Gasteiger partial charge is 0.234 e. The van der Waals surface area contributed by atoms with E-state index in [0.29, 0.717) is 17.4 Å². The second-order valence-corrected chi connectivity index (χ2v) is 8.68.